The van der Waals surface area contributed by atoms with Crippen molar-refractivity contribution < 1.29 is 0 Å². The van der Waals surface area contributed by atoms with Crippen molar-refractivity contribution in [3.63, 3.8) is 0 Å². The van der Waals surface area contributed by atoms with Crippen molar-refractivity contribution in [2.24, 2.45) is 0 Å². The Bertz CT molecular complexity index is 688. The van der Waals surface area contributed by atoms with E-state index >= 15 is 0 Å². The summed E-state index contributed by atoms with van der Waals surface area (Å²) in [5.41, 5.74) is 7.30. The van der Waals surface area contributed by atoms with Gasteiger partial charge < -0.3 is 10.6 Å². The standard InChI is InChI=1S/C22H24N2/c1-3-23-21-13-9-19(10-14-21)17-5-7-18(8-6-17)20-11-15-22(16-12-20)24-4-2/h5-16,23-24H,3-4H2,1-2H3. The second-order valence-electron chi connectivity index (χ2n) is 5.79. The molecule has 0 aliphatic heterocycles. The molecule has 2 heteroatoms. The lowest BCUT2D eigenvalue weighted by atomic mass is 10.00. The highest BCUT2D eigenvalue weighted by molar-refractivity contribution is 5.72. The lowest BCUT2D eigenvalue weighted by molar-refractivity contribution is 1.21. The van der Waals surface area contributed by atoms with Crippen LogP contribution in [0.5, 0.6) is 0 Å². The maximum atomic E-state index is 3.33. The van der Waals surface area contributed by atoms with Crippen LogP contribution in [0, 0.1) is 0 Å². The molecule has 0 aliphatic carbocycles. The van der Waals surface area contributed by atoms with Crippen molar-refractivity contribution in [2.75, 3.05) is 23.7 Å². The summed E-state index contributed by atoms with van der Waals surface area (Å²) < 4.78 is 0. The Labute approximate surface area is 144 Å². The highest BCUT2D eigenvalue weighted by Gasteiger charge is 2.01. The molecule has 3 rings (SSSR count). The molecule has 3 aromatic rings. The second-order valence-corrected chi connectivity index (χ2v) is 5.79. The minimum atomic E-state index is 0.945. The first-order valence-electron chi connectivity index (χ1n) is 8.59. The van der Waals surface area contributed by atoms with E-state index in [0.717, 1.165) is 13.1 Å². The number of nitrogens with one attached hydrogen (secondary N) is 2. The fourth-order valence-electron chi connectivity index (χ4n) is 2.82. The van der Waals surface area contributed by atoms with Crippen molar-refractivity contribution in [1.29, 1.82) is 0 Å². The molecular weight excluding hydrogens is 292 g/mol. The molecule has 0 unspecified atom stereocenters. The molecule has 24 heavy (non-hydrogen) atoms. The van der Waals surface area contributed by atoms with E-state index in [-0.39, 0.29) is 0 Å². The summed E-state index contributed by atoms with van der Waals surface area (Å²) in [5, 5.41) is 6.65. The van der Waals surface area contributed by atoms with Gasteiger partial charge >= 0.3 is 0 Å². The predicted octanol–water partition coefficient (Wildman–Crippen LogP) is 5.88. The summed E-state index contributed by atoms with van der Waals surface area (Å²) in [7, 11) is 0. The molecule has 0 fully saturated rings. The van der Waals surface area contributed by atoms with Crippen LogP contribution >= 0.6 is 0 Å². The lowest BCUT2D eigenvalue weighted by Crippen LogP contribution is -1.95. The normalized spacial score (nSPS) is 10.4. The van der Waals surface area contributed by atoms with Crippen LogP contribution in [-0.4, -0.2) is 13.1 Å². The zero-order valence-electron chi connectivity index (χ0n) is 14.3. The number of hydrogen-bond acceptors (Lipinski definition) is 2. The first kappa shape index (κ1) is 16.1. The third-order valence-electron chi connectivity index (χ3n) is 4.08. The molecule has 2 N–H and O–H groups in total. The van der Waals surface area contributed by atoms with Crippen molar-refractivity contribution in [3.8, 4) is 22.3 Å². The van der Waals surface area contributed by atoms with Crippen LogP contribution in [0.3, 0.4) is 0 Å². The largest absolute Gasteiger partial charge is 0.385 e. The fraction of sp³-hybridized carbons (Fsp3) is 0.182. The van der Waals surface area contributed by atoms with Crippen molar-refractivity contribution >= 4 is 11.4 Å². The van der Waals surface area contributed by atoms with E-state index in [1.165, 1.54) is 33.6 Å². The van der Waals surface area contributed by atoms with Crippen molar-refractivity contribution in [3.05, 3.63) is 72.8 Å². The van der Waals surface area contributed by atoms with E-state index in [0.29, 0.717) is 0 Å². The molecule has 0 atom stereocenters. The van der Waals surface area contributed by atoms with Gasteiger partial charge in [0.1, 0.15) is 0 Å². The summed E-state index contributed by atoms with van der Waals surface area (Å²) >= 11 is 0. The van der Waals surface area contributed by atoms with Gasteiger partial charge in [-0.2, -0.15) is 0 Å². The third-order valence-corrected chi connectivity index (χ3v) is 4.08. The van der Waals surface area contributed by atoms with E-state index < -0.39 is 0 Å². The quantitative estimate of drug-likeness (QED) is 0.593. The third kappa shape index (κ3) is 3.77. The van der Waals surface area contributed by atoms with E-state index in [9.17, 15) is 0 Å². The average Bonchev–Trinajstić information content (AvgIpc) is 2.64. The minimum absolute atomic E-state index is 0.945. The zero-order chi connectivity index (χ0) is 16.8. The molecule has 122 valence electrons. The summed E-state index contributed by atoms with van der Waals surface area (Å²) in [5.74, 6) is 0. The van der Waals surface area contributed by atoms with Crippen molar-refractivity contribution in [2.45, 2.75) is 13.8 Å². The van der Waals surface area contributed by atoms with Gasteiger partial charge in [0.25, 0.3) is 0 Å². The van der Waals surface area contributed by atoms with E-state index in [4.69, 9.17) is 0 Å². The number of hydrogen-bond donors (Lipinski definition) is 2. The molecule has 0 spiro atoms. The van der Waals surface area contributed by atoms with Crippen LogP contribution in [0.25, 0.3) is 22.3 Å². The van der Waals surface area contributed by atoms with E-state index in [1.807, 2.05) is 0 Å². The highest BCUT2D eigenvalue weighted by atomic mass is 14.8. The Balaban J connectivity index is 1.77. The van der Waals surface area contributed by atoms with Crippen LogP contribution < -0.4 is 10.6 Å². The zero-order valence-corrected chi connectivity index (χ0v) is 14.3. The van der Waals surface area contributed by atoms with Gasteiger partial charge in [-0.1, -0.05) is 48.5 Å². The summed E-state index contributed by atoms with van der Waals surface area (Å²) in [6, 6.07) is 25.9. The molecule has 0 aromatic heterocycles. The van der Waals surface area contributed by atoms with Crippen LogP contribution in [-0.2, 0) is 0 Å². The van der Waals surface area contributed by atoms with Gasteiger partial charge in [-0.3, -0.25) is 0 Å². The Morgan fingerprint density at radius 3 is 0.958 bits per heavy atom. The molecule has 0 aliphatic rings. The van der Waals surface area contributed by atoms with Gasteiger partial charge in [0, 0.05) is 24.5 Å². The maximum Gasteiger partial charge on any atom is 0.0340 e. The molecule has 0 heterocycles. The van der Waals surface area contributed by atoms with Gasteiger partial charge in [0.2, 0.25) is 0 Å². The first-order valence-corrected chi connectivity index (χ1v) is 8.59. The van der Waals surface area contributed by atoms with Gasteiger partial charge in [-0.05, 0) is 60.4 Å². The second kappa shape index (κ2) is 7.69. The molecule has 0 saturated heterocycles. The SMILES string of the molecule is CCNc1ccc(-c2ccc(-c3ccc(NCC)cc3)cc2)cc1. The van der Waals surface area contributed by atoms with Gasteiger partial charge in [-0.25, -0.2) is 0 Å². The molecular formula is C22H24N2. The average molecular weight is 316 g/mol. The molecule has 0 saturated carbocycles. The Morgan fingerprint density at radius 1 is 0.458 bits per heavy atom. The highest BCUT2D eigenvalue weighted by Crippen LogP contribution is 2.26. The number of rotatable bonds is 6. The maximum absolute atomic E-state index is 3.33. The van der Waals surface area contributed by atoms with E-state index in [1.54, 1.807) is 0 Å². The summed E-state index contributed by atoms with van der Waals surface area (Å²) in [4.78, 5) is 0. The Kier molecular flexibility index (Phi) is 5.17. The summed E-state index contributed by atoms with van der Waals surface area (Å²) in [6.45, 7) is 6.11. The Hall–Kier alpha value is -2.74. The molecule has 0 radical (unpaired) electrons. The van der Waals surface area contributed by atoms with E-state index in [2.05, 4.69) is 97.3 Å². The van der Waals surface area contributed by atoms with Crippen LogP contribution in [0.15, 0.2) is 72.8 Å². The smallest absolute Gasteiger partial charge is 0.0340 e. The molecule has 0 bridgehead atoms. The van der Waals surface area contributed by atoms with Crippen LogP contribution in [0.4, 0.5) is 11.4 Å². The summed E-state index contributed by atoms with van der Waals surface area (Å²) in [6.07, 6.45) is 0. The van der Waals surface area contributed by atoms with Crippen LogP contribution in [0.1, 0.15) is 13.8 Å². The van der Waals surface area contributed by atoms with Gasteiger partial charge in [0.05, 0.1) is 0 Å². The fourth-order valence-corrected chi connectivity index (χ4v) is 2.82. The van der Waals surface area contributed by atoms with Crippen LogP contribution in [0.2, 0.25) is 0 Å². The number of benzene rings is 3. The minimum Gasteiger partial charge on any atom is -0.385 e. The monoisotopic (exact) mass is 316 g/mol. The topological polar surface area (TPSA) is 24.1 Å². The number of anilines is 2. The predicted molar refractivity (Wildman–Crippen MR) is 106 cm³/mol. The molecule has 2 nitrogen and oxygen atoms in total. The Morgan fingerprint density at radius 2 is 0.708 bits per heavy atom. The van der Waals surface area contributed by atoms with Gasteiger partial charge in [-0.15, -0.1) is 0 Å². The molecule has 3 aromatic carbocycles. The lowest BCUT2D eigenvalue weighted by Gasteiger charge is -2.08. The van der Waals surface area contributed by atoms with Gasteiger partial charge in [0.15, 0.2) is 0 Å². The first-order chi connectivity index (χ1) is 11.8. The molecule has 0 amide bonds. The van der Waals surface area contributed by atoms with Crippen molar-refractivity contribution in [1.82, 2.24) is 0 Å².